The molecule has 2 aliphatic carbocycles. The number of nitrogens with one attached hydrogen (secondary N) is 1. The van der Waals surface area contributed by atoms with E-state index >= 15 is 0 Å². The Hall–Kier alpha value is -2.59. The molecule has 2 fully saturated rings. The standard InChI is InChI=1S/C21H21F3N2O4S/c22-21(23,24)30-18-3-1-2-4-19(18)31(28,29)26(17-11-12-17)13-14-5-7-15(8-6-14)20(27)25-16-9-10-16/h1-8,16-17H,9-13H2,(H,25,27). The fourth-order valence-electron chi connectivity index (χ4n) is 3.21. The number of halogens is 3. The Labute approximate surface area is 178 Å². The van der Waals surface area contributed by atoms with Gasteiger partial charge in [-0.3, -0.25) is 4.79 Å². The Kier molecular flexibility index (Phi) is 5.69. The quantitative estimate of drug-likeness (QED) is 0.658. The zero-order valence-corrected chi connectivity index (χ0v) is 17.2. The smallest absolute Gasteiger partial charge is 0.404 e. The number of rotatable bonds is 8. The lowest BCUT2D eigenvalue weighted by Gasteiger charge is -2.23. The second kappa shape index (κ2) is 8.16. The number of alkyl halides is 3. The summed E-state index contributed by atoms with van der Waals surface area (Å²) in [4.78, 5) is 11.6. The number of benzene rings is 2. The van der Waals surface area contributed by atoms with Crippen LogP contribution in [0.2, 0.25) is 0 Å². The van der Waals surface area contributed by atoms with Crippen molar-refractivity contribution in [1.29, 1.82) is 0 Å². The number of hydrogen-bond donors (Lipinski definition) is 1. The van der Waals surface area contributed by atoms with E-state index in [-0.39, 0.29) is 24.5 Å². The van der Waals surface area contributed by atoms with Gasteiger partial charge in [-0.1, -0.05) is 24.3 Å². The van der Waals surface area contributed by atoms with Crippen molar-refractivity contribution in [1.82, 2.24) is 9.62 Å². The van der Waals surface area contributed by atoms with Crippen LogP contribution in [-0.4, -0.2) is 37.1 Å². The summed E-state index contributed by atoms with van der Waals surface area (Å²) in [5, 5.41) is 2.88. The van der Waals surface area contributed by atoms with E-state index in [2.05, 4.69) is 10.1 Å². The lowest BCUT2D eigenvalue weighted by Crippen LogP contribution is -2.33. The molecule has 0 saturated heterocycles. The first kappa shape index (κ1) is 21.6. The molecule has 2 saturated carbocycles. The van der Waals surface area contributed by atoms with Gasteiger partial charge in [-0.05, 0) is 55.5 Å². The summed E-state index contributed by atoms with van der Waals surface area (Å²) in [6.45, 7) is -0.0160. The molecule has 166 valence electrons. The fraction of sp³-hybridized carbons (Fsp3) is 0.381. The zero-order chi connectivity index (χ0) is 22.2. The van der Waals surface area contributed by atoms with Gasteiger partial charge >= 0.3 is 6.36 Å². The van der Waals surface area contributed by atoms with Crippen molar-refractivity contribution in [2.75, 3.05) is 0 Å². The minimum atomic E-state index is -5.01. The van der Waals surface area contributed by atoms with Crippen LogP contribution >= 0.6 is 0 Å². The maximum atomic E-state index is 13.2. The number of para-hydroxylation sites is 1. The summed E-state index contributed by atoms with van der Waals surface area (Å²) in [6, 6.07) is 11.2. The van der Waals surface area contributed by atoms with Crippen LogP contribution < -0.4 is 10.1 Å². The molecule has 0 aliphatic heterocycles. The Morgan fingerprint density at radius 3 is 2.26 bits per heavy atom. The Morgan fingerprint density at radius 1 is 1.03 bits per heavy atom. The highest BCUT2D eigenvalue weighted by atomic mass is 32.2. The number of carbonyl (C=O) groups excluding carboxylic acids is 1. The van der Waals surface area contributed by atoms with E-state index in [4.69, 9.17) is 0 Å². The average molecular weight is 454 g/mol. The molecule has 0 bridgehead atoms. The van der Waals surface area contributed by atoms with E-state index < -0.39 is 27.0 Å². The maximum absolute atomic E-state index is 13.2. The highest BCUT2D eigenvalue weighted by molar-refractivity contribution is 7.89. The molecule has 1 N–H and O–H groups in total. The molecule has 4 rings (SSSR count). The van der Waals surface area contributed by atoms with Crippen LogP contribution in [0.4, 0.5) is 13.2 Å². The fourth-order valence-corrected chi connectivity index (χ4v) is 5.00. The summed E-state index contributed by atoms with van der Waals surface area (Å²) in [5.41, 5.74) is 1.10. The Morgan fingerprint density at radius 2 is 1.68 bits per heavy atom. The summed E-state index contributed by atoms with van der Waals surface area (Å²) in [5.74, 6) is -0.938. The van der Waals surface area contributed by atoms with Gasteiger partial charge < -0.3 is 10.1 Å². The number of nitrogens with zero attached hydrogens (tertiary/aromatic N) is 1. The molecule has 0 aromatic heterocycles. The molecule has 2 aromatic carbocycles. The van der Waals surface area contributed by atoms with E-state index in [1.165, 1.54) is 16.4 Å². The van der Waals surface area contributed by atoms with Gasteiger partial charge in [0, 0.05) is 24.2 Å². The molecule has 10 heteroatoms. The van der Waals surface area contributed by atoms with Gasteiger partial charge in [-0.15, -0.1) is 13.2 Å². The molecule has 2 aliphatic rings. The monoisotopic (exact) mass is 454 g/mol. The molecule has 0 atom stereocenters. The second-order valence-electron chi connectivity index (χ2n) is 7.72. The number of amides is 1. The van der Waals surface area contributed by atoms with E-state index in [0.717, 1.165) is 25.0 Å². The topological polar surface area (TPSA) is 75.7 Å². The van der Waals surface area contributed by atoms with Crippen LogP contribution in [0.5, 0.6) is 5.75 Å². The third-order valence-electron chi connectivity index (χ3n) is 5.08. The van der Waals surface area contributed by atoms with Gasteiger partial charge in [0.2, 0.25) is 10.0 Å². The summed E-state index contributed by atoms with van der Waals surface area (Å²) in [7, 11) is -4.24. The van der Waals surface area contributed by atoms with Crippen molar-refractivity contribution < 1.29 is 31.1 Å². The van der Waals surface area contributed by atoms with Crippen LogP contribution in [0.1, 0.15) is 41.6 Å². The van der Waals surface area contributed by atoms with Crippen molar-refractivity contribution in [2.45, 2.75) is 55.6 Å². The van der Waals surface area contributed by atoms with Gasteiger partial charge in [-0.2, -0.15) is 4.31 Å². The lowest BCUT2D eigenvalue weighted by atomic mass is 10.1. The molecular formula is C21H21F3N2O4S. The molecule has 2 aromatic rings. The Bertz CT molecular complexity index is 1060. The highest BCUT2D eigenvalue weighted by Gasteiger charge is 2.41. The van der Waals surface area contributed by atoms with E-state index in [9.17, 15) is 26.4 Å². The van der Waals surface area contributed by atoms with Crippen molar-refractivity contribution in [3.05, 3.63) is 59.7 Å². The average Bonchev–Trinajstić information content (AvgIpc) is 3.60. The molecule has 0 heterocycles. The van der Waals surface area contributed by atoms with Crippen LogP contribution in [-0.2, 0) is 16.6 Å². The molecule has 0 radical (unpaired) electrons. The minimum Gasteiger partial charge on any atom is -0.404 e. The van der Waals surface area contributed by atoms with E-state index in [1.807, 2.05) is 0 Å². The number of carbonyl (C=O) groups is 1. The number of hydrogen-bond acceptors (Lipinski definition) is 4. The second-order valence-corrected chi connectivity index (χ2v) is 9.58. The summed E-state index contributed by atoms with van der Waals surface area (Å²) < 4.78 is 69.9. The molecule has 0 spiro atoms. The molecule has 31 heavy (non-hydrogen) atoms. The third kappa shape index (κ3) is 5.37. The van der Waals surface area contributed by atoms with E-state index in [0.29, 0.717) is 24.0 Å². The normalized spacial score (nSPS) is 16.9. The van der Waals surface area contributed by atoms with Crippen LogP contribution in [0, 0.1) is 0 Å². The van der Waals surface area contributed by atoms with Crippen LogP contribution in [0.25, 0.3) is 0 Å². The first-order valence-electron chi connectivity index (χ1n) is 9.90. The number of ether oxygens (including phenoxy) is 1. The maximum Gasteiger partial charge on any atom is 0.573 e. The number of sulfonamides is 1. The van der Waals surface area contributed by atoms with Gasteiger partial charge in [0.15, 0.2) is 0 Å². The van der Waals surface area contributed by atoms with Gasteiger partial charge in [-0.25, -0.2) is 8.42 Å². The highest BCUT2D eigenvalue weighted by Crippen LogP contribution is 2.37. The minimum absolute atomic E-state index is 0.0160. The lowest BCUT2D eigenvalue weighted by molar-refractivity contribution is -0.275. The molecule has 1 amide bonds. The van der Waals surface area contributed by atoms with Crippen molar-refractivity contribution in [3.63, 3.8) is 0 Å². The SMILES string of the molecule is O=C(NC1CC1)c1ccc(CN(C2CC2)S(=O)(=O)c2ccccc2OC(F)(F)F)cc1. The predicted molar refractivity (Wildman–Crippen MR) is 106 cm³/mol. The van der Waals surface area contributed by atoms with Crippen LogP contribution in [0.15, 0.2) is 53.4 Å². The zero-order valence-electron chi connectivity index (χ0n) is 16.4. The largest absolute Gasteiger partial charge is 0.573 e. The van der Waals surface area contributed by atoms with Crippen molar-refractivity contribution >= 4 is 15.9 Å². The van der Waals surface area contributed by atoms with E-state index in [1.54, 1.807) is 24.3 Å². The Balaban J connectivity index is 1.56. The van der Waals surface area contributed by atoms with Crippen molar-refractivity contribution in [2.24, 2.45) is 0 Å². The van der Waals surface area contributed by atoms with Gasteiger partial charge in [0.25, 0.3) is 5.91 Å². The first-order valence-corrected chi connectivity index (χ1v) is 11.3. The molecule has 0 unspecified atom stereocenters. The predicted octanol–water partition coefficient (Wildman–Crippen LogP) is 3.83. The third-order valence-corrected chi connectivity index (χ3v) is 7.02. The van der Waals surface area contributed by atoms with Gasteiger partial charge in [0.05, 0.1) is 0 Å². The van der Waals surface area contributed by atoms with Crippen molar-refractivity contribution in [3.8, 4) is 5.75 Å². The molecular weight excluding hydrogens is 433 g/mol. The molecule has 6 nitrogen and oxygen atoms in total. The summed E-state index contributed by atoms with van der Waals surface area (Å²) >= 11 is 0. The van der Waals surface area contributed by atoms with Gasteiger partial charge in [0.1, 0.15) is 10.6 Å². The summed E-state index contributed by atoms with van der Waals surface area (Å²) in [6.07, 6.45) is -1.81. The first-order chi connectivity index (χ1) is 14.6. The van der Waals surface area contributed by atoms with Crippen LogP contribution in [0.3, 0.4) is 0 Å².